The van der Waals surface area contributed by atoms with Crippen LogP contribution in [0.4, 0.5) is 0 Å². The summed E-state index contributed by atoms with van der Waals surface area (Å²) in [5, 5.41) is 4.21. The number of furan rings is 1. The SMILES string of the molecule is O=C(CCNCc1ccc(-c2nc3ccccc3s2)o1)N1CCCCC1. The number of nitrogens with zero attached hydrogens (tertiary/aromatic N) is 2. The monoisotopic (exact) mass is 369 g/mol. The zero-order valence-electron chi connectivity index (χ0n) is 14.7. The Hall–Kier alpha value is -2.18. The van der Waals surface area contributed by atoms with Gasteiger partial charge in [0, 0.05) is 26.1 Å². The van der Waals surface area contributed by atoms with E-state index in [1.54, 1.807) is 11.3 Å². The summed E-state index contributed by atoms with van der Waals surface area (Å²) in [5.41, 5.74) is 1.000. The number of amides is 1. The maximum Gasteiger partial charge on any atom is 0.223 e. The highest BCUT2D eigenvalue weighted by atomic mass is 32.1. The van der Waals surface area contributed by atoms with Gasteiger partial charge in [-0.2, -0.15) is 0 Å². The van der Waals surface area contributed by atoms with Crippen molar-refractivity contribution in [1.82, 2.24) is 15.2 Å². The van der Waals surface area contributed by atoms with Gasteiger partial charge < -0.3 is 14.6 Å². The number of rotatable bonds is 6. The number of thiazole rings is 1. The Kier molecular flexibility index (Phi) is 5.32. The van der Waals surface area contributed by atoms with E-state index in [0.717, 1.165) is 52.7 Å². The molecule has 6 heteroatoms. The van der Waals surface area contributed by atoms with Gasteiger partial charge in [-0.25, -0.2) is 4.98 Å². The molecule has 136 valence electrons. The summed E-state index contributed by atoms with van der Waals surface area (Å²) in [6.07, 6.45) is 4.07. The van der Waals surface area contributed by atoms with Crippen LogP contribution in [0.2, 0.25) is 0 Å². The second-order valence-electron chi connectivity index (χ2n) is 6.62. The van der Waals surface area contributed by atoms with Gasteiger partial charge in [-0.05, 0) is 43.5 Å². The third-order valence-corrected chi connectivity index (χ3v) is 5.74. The lowest BCUT2D eigenvalue weighted by atomic mass is 10.1. The molecule has 1 N–H and O–H groups in total. The first kappa shape index (κ1) is 17.2. The highest BCUT2D eigenvalue weighted by molar-refractivity contribution is 7.21. The van der Waals surface area contributed by atoms with Crippen molar-refractivity contribution >= 4 is 27.5 Å². The molecule has 3 aromatic rings. The second kappa shape index (κ2) is 8.01. The van der Waals surface area contributed by atoms with E-state index < -0.39 is 0 Å². The molecule has 1 aliphatic heterocycles. The Morgan fingerprint density at radius 2 is 2.00 bits per heavy atom. The molecular weight excluding hydrogens is 346 g/mol. The lowest BCUT2D eigenvalue weighted by molar-refractivity contribution is -0.131. The Balaban J connectivity index is 1.28. The van der Waals surface area contributed by atoms with E-state index in [4.69, 9.17) is 4.42 Å². The van der Waals surface area contributed by atoms with Crippen LogP contribution in [0, 0.1) is 0 Å². The molecule has 1 aliphatic rings. The van der Waals surface area contributed by atoms with Gasteiger partial charge in [0.05, 0.1) is 16.8 Å². The van der Waals surface area contributed by atoms with Crippen LogP contribution < -0.4 is 5.32 Å². The number of para-hydroxylation sites is 1. The normalized spacial score (nSPS) is 14.8. The van der Waals surface area contributed by atoms with Crippen LogP contribution in [0.3, 0.4) is 0 Å². The first-order valence-electron chi connectivity index (χ1n) is 9.23. The number of piperidine rings is 1. The lowest BCUT2D eigenvalue weighted by Gasteiger charge is -2.26. The topological polar surface area (TPSA) is 58.4 Å². The fourth-order valence-corrected chi connectivity index (χ4v) is 4.20. The summed E-state index contributed by atoms with van der Waals surface area (Å²) < 4.78 is 7.07. The molecule has 0 saturated carbocycles. The third kappa shape index (κ3) is 3.97. The highest BCUT2D eigenvalue weighted by Crippen LogP contribution is 2.31. The molecule has 1 saturated heterocycles. The fraction of sp³-hybridized carbons (Fsp3) is 0.400. The molecule has 26 heavy (non-hydrogen) atoms. The number of hydrogen-bond donors (Lipinski definition) is 1. The molecule has 2 aromatic heterocycles. The van der Waals surface area contributed by atoms with Crippen LogP contribution in [0.25, 0.3) is 21.0 Å². The number of carbonyl (C=O) groups excluding carboxylic acids is 1. The molecular formula is C20H23N3O2S. The average Bonchev–Trinajstić information content (AvgIpc) is 3.32. The minimum Gasteiger partial charge on any atom is -0.457 e. The van der Waals surface area contributed by atoms with Gasteiger partial charge in [0.25, 0.3) is 0 Å². The smallest absolute Gasteiger partial charge is 0.223 e. The quantitative estimate of drug-likeness (QED) is 0.666. The van der Waals surface area contributed by atoms with Gasteiger partial charge in [0.15, 0.2) is 10.8 Å². The Morgan fingerprint density at radius 1 is 1.15 bits per heavy atom. The van der Waals surface area contributed by atoms with E-state index in [1.807, 2.05) is 35.2 Å². The molecule has 0 aliphatic carbocycles. The van der Waals surface area contributed by atoms with Crippen LogP contribution in [0.5, 0.6) is 0 Å². The molecule has 0 atom stereocenters. The van der Waals surface area contributed by atoms with Crippen LogP contribution in [-0.2, 0) is 11.3 Å². The third-order valence-electron chi connectivity index (χ3n) is 4.69. The summed E-state index contributed by atoms with van der Waals surface area (Å²) in [6, 6.07) is 12.0. The van der Waals surface area contributed by atoms with E-state index in [1.165, 1.54) is 6.42 Å². The van der Waals surface area contributed by atoms with Crippen molar-refractivity contribution in [2.24, 2.45) is 0 Å². The van der Waals surface area contributed by atoms with Gasteiger partial charge in [-0.1, -0.05) is 12.1 Å². The van der Waals surface area contributed by atoms with Crippen molar-refractivity contribution in [1.29, 1.82) is 0 Å². The Labute approximate surface area is 157 Å². The number of hydrogen-bond acceptors (Lipinski definition) is 5. The van der Waals surface area contributed by atoms with Gasteiger partial charge in [-0.3, -0.25) is 4.79 Å². The van der Waals surface area contributed by atoms with Crippen molar-refractivity contribution in [3.05, 3.63) is 42.2 Å². The molecule has 4 rings (SSSR count). The predicted octanol–water partition coefficient (Wildman–Crippen LogP) is 4.05. The minimum absolute atomic E-state index is 0.256. The van der Waals surface area contributed by atoms with Crippen LogP contribution in [0.1, 0.15) is 31.4 Å². The fourth-order valence-electron chi connectivity index (χ4n) is 3.27. The first-order valence-corrected chi connectivity index (χ1v) is 10.0. The minimum atomic E-state index is 0.256. The van der Waals surface area contributed by atoms with Crippen LogP contribution >= 0.6 is 11.3 Å². The zero-order chi connectivity index (χ0) is 17.8. The Bertz CT molecular complexity index is 847. The van der Waals surface area contributed by atoms with E-state index in [9.17, 15) is 4.79 Å². The maximum atomic E-state index is 12.1. The maximum absolute atomic E-state index is 12.1. The van der Waals surface area contributed by atoms with Crippen LogP contribution in [-0.4, -0.2) is 35.4 Å². The number of aromatic nitrogens is 1. The predicted molar refractivity (Wildman–Crippen MR) is 104 cm³/mol. The Morgan fingerprint density at radius 3 is 2.85 bits per heavy atom. The number of likely N-dealkylation sites (tertiary alicyclic amines) is 1. The summed E-state index contributed by atoms with van der Waals surface area (Å²) >= 11 is 1.64. The van der Waals surface area contributed by atoms with E-state index in [0.29, 0.717) is 19.5 Å². The zero-order valence-corrected chi connectivity index (χ0v) is 15.6. The molecule has 1 amide bonds. The van der Waals surface area contributed by atoms with E-state index in [-0.39, 0.29) is 5.91 Å². The van der Waals surface area contributed by atoms with Crippen molar-refractivity contribution in [2.45, 2.75) is 32.2 Å². The molecule has 3 heterocycles. The number of benzene rings is 1. The van der Waals surface area contributed by atoms with Gasteiger partial charge in [-0.15, -0.1) is 11.3 Å². The molecule has 0 unspecified atom stereocenters. The van der Waals surface area contributed by atoms with Crippen molar-refractivity contribution < 1.29 is 9.21 Å². The molecule has 0 bridgehead atoms. The van der Waals surface area contributed by atoms with Crippen molar-refractivity contribution in [3.63, 3.8) is 0 Å². The van der Waals surface area contributed by atoms with Crippen LogP contribution in [0.15, 0.2) is 40.8 Å². The van der Waals surface area contributed by atoms with E-state index in [2.05, 4.69) is 16.4 Å². The van der Waals surface area contributed by atoms with Crippen molar-refractivity contribution in [2.75, 3.05) is 19.6 Å². The van der Waals surface area contributed by atoms with E-state index >= 15 is 0 Å². The molecule has 5 nitrogen and oxygen atoms in total. The first-order chi connectivity index (χ1) is 12.8. The van der Waals surface area contributed by atoms with Gasteiger partial charge in [0.2, 0.25) is 5.91 Å². The number of nitrogens with one attached hydrogen (secondary N) is 1. The van der Waals surface area contributed by atoms with Gasteiger partial charge >= 0.3 is 0 Å². The molecule has 0 radical (unpaired) electrons. The second-order valence-corrected chi connectivity index (χ2v) is 7.65. The van der Waals surface area contributed by atoms with Crippen molar-refractivity contribution in [3.8, 4) is 10.8 Å². The standard InChI is InChI=1S/C20H23N3O2S/c24-19(23-12-4-1-5-13-23)10-11-21-14-15-8-9-17(25-15)20-22-16-6-2-3-7-18(16)26-20/h2-3,6-9,21H,1,4-5,10-14H2. The number of fused-ring (bicyclic) bond motifs is 1. The summed E-state index contributed by atoms with van der Waals surface area (Å²) in [4.78, 5) is 18.8. The number of carbonyl (C=O) groups is 1. The lowest BCUT2D eigenvalue weighted by Crippen LogP contribution is -2.37. The largest absolute Gasteiger partial charge is 0.457 e. The molecule has 1 fully saturated rings. The average molecular weight is 369 g/mol. The summed E-state index contributed by atoms with van der Waals surface area (Å²) in [6.45, 7) is 3.13. The summed E-state index contributed by atoms with van der Waals surface area (Å²) in [7, 11) is 0. The molecule has 1 aromatic carbocycles. The molecule has 0 spiro atoms. The highest BCUT2D eigenvalue weighted by Gasteiger charge is 2.16. The van der Waals surface area contributed by atoms with Gasteiger partial charge in [0.1, 0.15) is 5.76 Å². The summed E-state index contributed by atoms with van der Waals surface area (Å²) in [5.74, 6) is 1.92.